The minimum Gasteiger partial charge on any atom is -0.466 e. The van der Waals surface area contributed by atoms with Crippen molar-refractivity contribution in [1.29, 1.82) is 0 Å². The fraction of sp³-hybridized carbons (Fsp3) is 0.290. The van der Waals surface area contributed by atoms with E-state index < -0.39 is 0 Å². The van der Waals surface area contributed by atoms with Crippen LogP contribution in [0.4, 0.5) is 0 Å². The molecule has 0 radical (unpaired) electrons. The average molecular weight is 470 g/mol. The highest BCUT2D eigenvalue weighted by Gasteiger charge is 2.17. The van der Waals surface area contributed by atoms with Gasteiger partial charge in [-0.1, -0.05) is 62.4 Å². The van der Waals surface area contributed by atoms with Gasteiger partial charge in [-0.05, 0) is 62.6 Å². The topological polar surface area (TPSA) is 48.4 Å². The predicted octanol–water partition coefficient (Wildman–Crippen LogP) is 7.71. The SMILES string of the molecule is CCC(CC)/C(=C\c1cc(C(=O)c2ccccc2)ccc1-c1ccccn1)O/C(C)=C\C(C)OC. The molecule has 0 amide bonds. The molecule has 182 valence electrons. The summed E-state index contributed by atoms with van der Waals surface area (Å²) in [5.41, 5.74) is 4.00. The van der Waals surface area contributed by atoms with E-state index in [1.807, 2.05) is 86.7 Å². The Hall–Kier alpha value is -3.50. The molecular weight excluding hydrogens is 434 g/mol. The Bertz CT molecular complexity index is 1160. The number of carbonyl (C=O) groups is 1. The molecule has 4 nitrogen and oxygen atoms in total. The van der Waals surface area contributed by atoms with Crippen LogP contribution in [-0.2, 0) is 9.47 Å². The standard InChI is InChI=1S/C31H35NO3/c1-6-24(7-2)30(35-23(4)19-22(3)34-5)21-27-20-26(31(33)25-13-9-8-10-14-25)16-17-28(27)29-15-11-12-18-32-29/h8-22,24H,6-7H2,1-5H3/b23-19-,30-21+. The fourth-order valence-electron chi connectivity index (χ4n) is 4.03. The van der Waals surface area contributed by atoms with Gasteiger partial charge < -0.3 is 9.47 Å². The van der Waals surface area contributed by atoms with E-state index in [-0.39, 0.29) is 17.8 Å². The van der Waals surface area contributed by atoms with Crippen LogP contribution in [0.5, 0.6) is 0 Å². The molecule has 0 fully saturated rings. The van der Waals surface area contributed by atoms with E-state index in [9.17, 15) is 4.79 Å². The Morgan fingerprint density at radius 1 is 0.971 bits per heavy atom. The summed E-state index contributed by atoms with van der Waals surface area (Å²) < 4.78 is 11.8. The van der Waals surface area contributed by atoms with Crippen LogP contribution in [0.25, 0.3) is 17.3 Å². The van der Waals surface area contributed by atoms with Gasteiger partial charge in [-0.15, -0.1) is 0 Å². The number of nitrogens with zero attached hydrogens (tertiary/aromatic N) is 1. The Kier molecular flexibility index (Phi) is 9.56. The zero-order valence-corrected chi connectivity index (χ0v) is 21.3. The van der Waals surface area contributed by atoms with Gasteiger partial charge in [0.05, 0.1) is 17.6 Å². The van der Waals surface area contributed by atoms with Crippen molar-refractivity contribution in [2.45, 2.75) is 46.6 Å². The minimum absolute atomic E-state index is 0.0113. The zero-order chi connectivity index (χ0) is 25.2. The first-order chi connectivity index (χ1) is 17.0. The molecule has 1 atom stereocenters. The Labute approximate surface area is 209 Å². The highest BCUT2D eigenvalue weighted by Crippen LogP contribution is 2.31. The maximum atomic E-state index is 13.2. The number of hydrogen-bond acceptors (Lipinski definition) is 4. The second kappa shape index (κ2) is 12.8. The summed E-state index contributed by atoms with van der Waals surface area (Å²) in [4.78, 5) is 17.8. The molecule has 1 heterocycles. The van der Waals surface area contributed by atoms with E-state index in [2.05, 4.69) is 24.9 Å². The Balaban J connectivity index is 2.14. The second-order valence-electron chi connectivity index (χ2n) is 8.59. The average Bonchev–Trinajstić information content (AvgIpc) is 2.89. The first-order valence-corrected chi connectivity index (χ1v) is 12.2. The number of pyridine rings is 1. The normalized spacial score (nSPS) is 13.1. The Morgan fingerprint density at radius 3 is 2.31 bits per heavy atom. The number of hydrogen-bond donors (Lipinski definition) is 0. The highest BCUT2D eigenvalue weighted by atomic mass is 16.5. The molecule has 1 unspecified atom stereocenters. The summed E-state index contributed by atoms with van der Waals surface area (Å²) in [5, 5.41) is 0. The molecule has 3 rings (SSSR count). The van der Waals surface area contributed by atoms with Gasteiger partial charge in [0.15, 0.2) is 5.78 Å². The molecule has 35 heavy (non-hydrogen) atoms. The van der Waals surface area contributed by atoms with E-state index in [1.165, 1.54) is 0 Å². The molecule has 0 aliphatic heterocycles. The van der Waals surface area contributed by atoms with Crippen molar-refractivity contribution >= 4 is 11.9 Å². The molecule has 2 aromatic carbocycles. The predicted molar refractivity (Wildman–Crippen MR) is 143 cm³/mol. The number of allylic oxidation sites excluding steroid dienone is 2. The highest BCUT2D eigenvalue weighted by molar-refractivity contribution is 6.09. The van der Waals surface area contributed by atoms with Crippen molar-refractivity contribution in [2.75, 3.05) is 7.11 Å². The van der Waals surface area contributed by atoms with Gasteiger partial charge in [0.25, 0.3) is 0 Å². The van der Waals surface area contributed by atoms with Gasteiger partial charge in [0.1, 0.15) is 5.76 Å². The van der Waals surface area contributed by atoms with Crippen LogP contribution in [0.3, 0.4) is 0 Å². The number of ketones is 1. The third kappa shape index (κ3) is 7.00. The van der Waals surface area contributed by atoms with Crippen molar-refractivity contribution in [3.63, 3.8) is 0 Å². The van der Waals surface area contributed by atoms with E-state index in [1.54, 1.807) is 13.3 Å². The van der Waals surface area contributed by atoms with Crippen LogP contribution in [-0.4, -0.2) is 24.0 Å². The minimum atomic E-state index is -0.0474. The zero-order valence-electron chi connectivity index (χ0n) is 21.3. The summed E-state index contributed by atoms with van der Waals surface area (Å²) >= 11 is 0. The van der Waals surface area contributed by atoms with Gasteiger partial charge in [0.2, 0.25) is 0 Å². The van der Waals surface area contributed by atoms with Crippen molar-refractivity contribution in [2.24, 2.45) is 5.92 Å². The molecule has 4 heteroatoms. The largest absolute Gasteiger partial charge is 0.466 e. The number of rotatable bonds is 11. The van der Waals surface area contributed by atoms with Gasteiger partial charge in [-0.3, -0.25) is 9.78 Å². The third-order valence-corrected chi connectivity index (χ3v) is 6.10. The van der Waals surface area contributed by atoms with E-state index in [0.717, 1.165) is 41.2 Å². The maximum absolute atomic E-state index is 13.2. The summed E-state index contributed by atoms with van der Waals surface area (Å²) in [6.07, 6.45) is 7.65. The number of ether oxygens (including phenoxy) is 2. The van der Waals surface area contributed by atoms with Gasteiger partial charge >= 0.3 is 0 Å². The number of benzene rings is 2. The molecule has 0 N–H and O–H groups in total. The first-order valence-electron chi connectivity index (χ1n) is 12.2. The lowest BCUT2D eigenvalue weighted by Crippen LogP contribution is -2.08. The summed E-state index contributed by atoms with van der Waals surface area (Å²) in [5.74, 6) is 1.88. The van der Waals surface area contributed by atoms with E-state index in [0.29, 0.717) is 11.1 Å². The number of aromatic nitrogens is 1. The Morgan fingerprint density at radius 2 is 1.69 bits per heavy atom. The lowest BCUT2D eigenvalue weighted by atomic mass is 9.93. The molecule has 0 saturated carbocycles. The summed E-state index contributed by atoms with van der Waals surface area (Å²) in [6, 6.07) is 21.0. The molecular formula is C31H35NO3. The van der Waals surface area contributed by atoms with Crippen LogP contribution in [0.15, 0.2) is 90.5 Å². The van der Waals surface area contributed by atoms with Gasteiger partial charge in [-0.2, -0.15) is 0 Å². The van der Waals surface area contributed by atoms with Crippen molar-refractivity contribution < 1.29 is 14.3 Å². The van der Waals surface area contributed by atoms with Crippen LogP contribution < -0.4 is 0 Å². The number of methoxy groups -OCH3 is 1. The third-order valence-electron chi connectivity index (χ3n) is 6.10. The van der Waals surface area contributed by atoms with Gasteiger partial charge in [-0.25, -0.2) is 0 Å². The van der Waals surface area contributed by atoms with Crippen LogP contribution in [0.2, 0.25) is 0 Å². The van der Waals surface area contributed by atoms with Crippen LogP contribution >= 0.6 is 0 Å². The molecule has 3 aromatic rings. The molecule has 0 spiro atoms. The van der Waals surface area contributed by atoms with E-state index in [4.69, 9.17) is 9.47 Å². The lowest BCUT2D eigenvalue weighted by molar-refractivity contribution is 0.103. The summed E-state index contributed by atoms with van der Waals surface area (Å²) in [6.45, 7) is 8.25. The lowest BCUT2D eigenvalue weighted by Gasteiger charge is -2.20. The molecule has 0 saturated heterocycles. The van der Waals surface area contributed by atoms with Crippen LogP contribution in [0, 0.1) is 5.92 Å². The second-order valence-corrected chi connectivity index (χ2v) is 8.59. The van der Waals surface area contributed by atoms with Crippen molar-refractivity contribution in [3.05, 3.63) is 107 Å². The smallest absolute Gasteiger partial charge is 0.193 e. The van der Waals surface area contributed by atoms with E-state index >= 15 is 0 Å². The molecule has 0 aliphatic rings. The van der Waals surface area contributed by atoms with Crippen molar-refractivity contribution in [1.82, 2.24) is 4.98 Å². The first kappa shape index (κ1) is 26.1. The molecule has 1 aromatic heterocycles. The van der Waals surface area contributed by atoms with Crippen LogP contribution in [0.1, 0.15) is 62.0 Å². The number of carbonyl (C=O) groups excluding carboxylic acids is 1. The summed E-state index contributed by atoms with van der Waals surface area (Å²) in [7, 11) is 1.68. The molecule has 0 bridgehead atoms. The fourth-order valence-corrected chi connectivity index (χ4v) is 4.03. The van der Waals surface area contributed by atoms with Gasteiger partial charge in [0, 0.05) is 35.9 Å². The quantitative estimate of drug-likeness (QED) is 0.213. The molecule has 0 aliphatic carbocycles. The maximum Gasteiger partial charge on any atom is 0.193 e. The van der Waals surface area contributed by atoms with Crippen molar-refractivity contribution in [3.8, 4) is 11.3 Å². The monoisotopic (exact) mass is 469 g/mol.